The van der Waals surface area contributed by atoms with Crippen molar-refractivity contribution in [2.24, 2.45) is 0 Å². The lowest BCUT2D eigenvalue weighted by Crippen LogP contribution is -2.15. The molecule has 0 amide bonds. The van der Waals surface area contributed by atoms with Crippen LogP contribution >= 0.6 is 15.9 Å². The van der Waals surface area contributed by atoms with Crippen LogP contribution in [-0.2, 0) is 12.8 Å². The third-order valence-corrected chi connectivity index (χ3v) is 3.32. The molecule has 0 saturated carbocycles. The molecule has 0 aromatic heterocycles. The maximum Gasteiger partial charge on any atom is 0.129 e. The Hall–Kier alpha value is -1.33. The van der Waals surface area contributed by atoms with Gasteiger partial charge in [-0.25, -0.2) is 13.2 Å². The molecule has 2 aromatic rings. The van der Waals surface area contributed by atoms with Gasteiger partial charge in [-0.05, 0) is 41.8 Å². The molecule has 2 aromatic carbocycles. The van der Waals surface area contributed by atoms with Crippen LogP contribution < -0.4 is 0 Å². The van der Waals surface area contributed by atoms with Crippen LogP contribution in [-0.4, -0.2) is 11.2 Å². The van der Waals surface area contributed by atoms with E-state index in [0.29, 0.717) is 10.0 Å². The number of halogens is 4. The fraction of sp³-hybridized carbons (Fsp3) is 0.200. The normalized spacial score (nSPS) is 12.4. The van der Waals surface area contributed by atoms with Gasteiger partial charge in [-0.2, -0.15) is 0 Å². The summed E-state index contributed by atoms with van der Waals surface area (Å²) in [6, 6.07) is 7.54. The molecule has 0 heterocycles. The Balaban J connectivity index is 2.06. The predicted molar refractivity (Wildman–Crippen MR) is 73.9 cm³/mol. The van der Waals surface area contributed by atoms with E-state index in [0.717, 1.165) is 12.1 Å². The quantitative estimate of drug-likeness (QED) is 0.888. The Labute approximate surface area is 123 Å². The largest absolute Gasteiger partial charge is 0.392 e. The summed E-state index contributed by atoms with van der Waals surface area (Å²) >= 11 is 3.17. The highest BCUT2D eigenvalue weighted by Gasteiger charge is 2.12. The number of aliphatic hydroxyl groups is 1. The second-order valence-corrected chi connectivity index (χ2v) is 5.49. The van der Waals surface area contributed by atoms with Gasteiger partial charge in [0.1, 0.15) is 17.5 Å². The molecular weight excluding hydrogens is 333 g/mol. The summed E-state index contributed by atoms with van der Waals surface area (Å²) in [5.41, 5.74) is 0.835. The van der Waals surface area contributed by atoms with Gasteiger partial charge in [0.15, 0.2) is 0 Å². The van der Waals surface area contributed by atoms with Gasteiger partial charge in [0.25, 0.3) is 0 Å². The minimum Gasteiger partial charge on any atom is -0.392 e. The van der Waals surface area contributed by atoms with Gasteiger partial charge < -0.3 is 5.11 Å². The molecule has 20 heavy (non-hydrogen) atoms. The van der Waals surface area contributed by atoms with Crippen molar-refractivity contribution in [2.45, 2.75) is 18.9 Å². The standard InChI is InChI=1S/C15H12BrF3O/c16-11-3-9(4-13(18)7-11)5-14(20)6-10-1-2-12(17)8-15(10)19/h1-4,7-8,14,20H,5-6H2. The fourth-order valence-electron chi connectivity index (χ4n) is 2.01. The van der Waals surface area contributed by atoms with Crippen molar-refractivity contribution in [3.8, 4) is 0 Å². The van der Waals surface area contributed by atoms with E-state index in [2.05, 4.69) is 15.9 Å². The van der Waals surface area contributed by atoms with Gasteiger partial charge in [-0.3, -0.25) is 0 Å². The first-order valence-electron chi connectivity index (χ1n) is 6.01. The third kappa shape index (κ3) is 4.08. The molecule has 0 radical (unpaired) electrons. The van der Waals surface area contributed by atoms with Crippen LogP contribution in [0.5, 0.6) is 0 Å². The summed E-state index contributed by atoms with van der Waals surface area (Å²) in [6.45, 7) is 0. The predicted octanol–water partition coefficient (Wildman–Crippen LogP) is 4.01. The Kier molecular flexibility index (Phi) is 4.83. The summed E-state index contributed by atoms with van der Waals surface area (Å²) in [5, 5.41) is 9.93. The van der Waals surface area contributed by atoms with E-state index in [9.17, 15) is 18.3 Å². The van der Waals surface area contributed by atoms with Gasteiger partial charge in [-0.15, -0.1) is 0 Å². The number of hydrogen-bond donors (Lipinski definition) is 1. The van der Waals surface area contributed by atoms with E-state index >= 15 is 0 Å². The molecule has 1 unspecified atom stereocenters. The molecule has 1 nitrogen and oxygen atoms in total. The molecule has 0 saturated heterocycles. The first-order valence-corrected chi connectivity index (χ1v) is 6.80. The summed E-state index contributed by atoms with van der Waals surface area (Å²) in [6.07, 6.45) is -0.642. The summed E-state index contributed by atoms with van der Waals surface area (Å²) in [7, 11) is 0. The zero-order valence-corrected chi connectivity index (χ0v) is 12.0. The maximum absolute atomic E-state index is 13.5. The average molecular weight is 345 g/mol. The number of rotatable bonds is 4. The molecular formula is C15H12BrF3O. The minimum absolute atomic E-state index is 0.0419. The monoisotopic (exact) mass is 344 g/mol. The number of aliphatic hydroxyl groups excluding tert-OH is 1. The summed E-state index contributed by atoms with van der Waals surface area (Å²) in [4.78, 5) is 0. The smallest absolute Gasteiger partial charge is 0.129 e. The number of benzene rings is 2. The molecule has 0 fully saturated rings. The average Bonchev–Trinajstić information content (AvgIpc) is 2.31. The first kappa shape index (κ1) is 15.1. The van der Waals surface area contributed by atoms with Crippen molar-refractivity contribution in [2.75, 3.05) is 0 Å². The van der Waals surface area contributed by atoms with E-state index in [1.807, 2.05) is 0 Å². The van der Waals surface area contributed by atoms with Crippen LogP contribution in [0.25, 0.3) is 0 Å². The van der Waals surface area contributed by atoms with Crippen molar-refractivity contribution >= 4 is 15.9 Å². The fourth-order valence-corrected chi connectivity index (χ4v) is 2.53. The molecule has 0 aliphatic heterocycles. The maximum atomic E-state index is 13.5. The van der Waals surface area contributed by atoms with Gasteiger partial charge in [-0.1, -0.05) is 22.0 Å². The zero-order valence-electron chi connectivity index (χ0n) is 10.4. The topological polar surface area (TPSA) is 20.2 Å². The SMILES string of the molecule is OC(Cc1cc(F)cc(Br)c1)Cc1ccc(F)cc1F. The van der Waals surface area contributed by atoms with E-state index in [4.69, 9.17) is 0 Å². The Bertz CT molecular complexity index is 596. The molecule has 106 valence electrons. The van der Waals surface area contributed by atoms with E-state index in [1.165, 1.54) is 18.2 Å². The molecule has 5 heteroatoms. The highest BCUT2D eigenvalue weighted by atomic mass is 79.9. The van der Waals surface area contributed by atoms with Gasteiger partial charge in [0.05, 0.1) is 6.10 Å². The zero-order chi connectivity index (χ0) is 14.7. The summed E-state index contributed by atoms with van der Waals surface area (Å²) in [5.74, 6) is -1.76. The molecule has 0 aliphatic carbocycles. The van der Waals surface area contributed by atoms with Crippen molar-refractivity contribution in [3.05, 3.63) is 69.4 Å². The summed E-state index contributed by atoms with van der Waals surface area (Å²) < 4.78 is 40.0. The minimum atomic E-state index is -0.872. The second kappa shape index (κ2) is 6.41. The van der Waals surface area contributed by atoms with Crippen molar-refractivity contribution < 1.29 is 18.3 Å². The van der Waals surface area contributed by atoms with Gasteiger partial charge in [0.2, 0.25) is 0 Å². The van der Waals surface area contributed by atoms with Crippen molar-refractivity contribution in [1.29, 1.82) is 0 Å². The van der Waals surface area contributed by atoms with Crippen molar-refractivity contribution in [1.82, 2.24) is 0 Å². The van der Waals surface area contributed by atoms with E-state index < -0.39 is 23.6 Å². The van der Waals surface area contributed by atoms with E-state index in [1.54, 1.807) is 6.07 Å². The molecule has 0 aliphatic rings. The Morgan fingerprint density at radius 2 is 1.70 bits per heavy atom. The molecule has 2 rings (SSSR count). The van der Waals surface area contributed by atoms with Crippen molar-refractivity contribution in [3.63, 3.8) is 0 Å². The second-order valence-electron chi connectivity index (χ2n) is 4.58. The molecule has 1 atom stereocenters. The Morgan fingerprint density at radius 3 is 2.35 bits per heavy atom. The highest BCUT2D eigenvalue weighted by molar-refractivity contribution is 9.10. The lowest BCUT2D eigenvalue weighted by molar-refractivity contribution is 0.174. The molecule has 1 N–H and O–H groups in total. The van der Waals surface area contributed by atoms with Gasteiger partial charge >= 0.3 is 0 Å². The molecule has 0 bridgehead atoms. The lowest BCUT2D eigenvalue weighted by atomic mass is 10.0. The van der Waals surface area contributed by atoms with Crippen LogP contribution in [0.4, 0.5) is 13.2 Å². The molecule has 0 spiro atoms. The highest BCUT2D eigenvalue weighted by Crippen LogP contribution is 2.18. The van der Waals surface area contributed by atoms with Crippen LogP contribution in [0.3, 0.4) is 0 Å². The first-order chi connectivity index (χ1) is 9.44. The van der Waals surface area contributed by atoms with Crippen LogP contribution in [0, 0.1) is 17.5 Å². The third-order valence-electron chi connectivity index (χ3n) is 2.86. The van der Waals surface area contributed by atoms with Crippen LogP contribution in [0.1, 0.15) is 11.1 Å². The van der Waals surface area contributed by atoms with Gasteiger partial charge in [0, 0.05) is 17.0 Å². The number of hydrogen-bond acceptors (Lipinski definition) is 1. The Morgan fingerprint density at radius 1 is 0.950 bits per heavy atom. The van der Waals surface area contributed by atoms with E-state index in [-0.39, 0.29) is 18.4 Å². The van der Waals surface area contributed by atoms with Crippen LogP contribution in [0.15, 0.2) is 40.9 Å². The van der Waals surface area contributed by atoms with Crippen LogP contribution in [0.2, 0.25) is 0 Å². The lowest BCUT2D eigenvalue weighted by Gasteiger charge is -2.12.